The maximum atomic E-state index is 12.4. The minimum Gasteiger partial charge on any atom is -0.478 e. The third-order valence-corrected chi connectivity index (χ3v) is 4.48. The number of carboxylic acid groups (broad SMARTS) is 1. The fourth-order valence-corrected chi connectivity index (χ4v) is 3.17. The first kappa shape index (κ1) is 14.1. The number of carbonyl (C=O) groups is 1. The number of aromatic amines is 1. The fourth-order valence-electron chi connectivity index (χ4n) is 2.05. The van der Waals surface area contributed by atoms with Crippen molar-refractivity contribution < 1.29 is 18.3 Å². The van der Waals surface area contributed by atoms with Gasteiger partial charge in [0.25, 0.3) is 10.0 Å². The summed E-state index contributed by atoms with van der Waals surface area (Å²) in [7, 11) is -3.90. The lowest BCUT2D eigenvalue weighted by Gasteiger charge is -2.09. The van der Waals surface area contributed by atoms with Gasteiger partial charge in [-0.25, -0.2) is 13.2 Å². The Bertz CT molecular complexity index is 963. The lowest BCUT2D eigenvalue weighted by molar-refractivity contribution is 0.0696. The zero-order valence-electron chi connectivity index (χ0n) is 11.1. The van der Waals surface area contributed by atoms with Gasteiger partial charge >= 0.3 is 5.97 Å². The van der Waals surface area contributed by atoms with Crippen molar-refractivity contribution in [1.29, 1.82) is 0 Å². The number of aromatic carboxylic acids is 1. The Morgan fingerprint density at radius 2 is 1.95 bits per heavy atom. The normalized spacial score (nSPS) is 11.5. The first-order valence-electron chi connectivity index (χ1n) is 6.26. The van der Waals surface area contributed by atoms with Crippen LogP contribution < -0.4 is 4.72 Å². The van der Waals surface area contributed by atoms with Gasteiger partial charge in [0.05, 0.1) is 27.9 Å². The minimum atomic E-state index is -3.90. The molecule has 8 heteroatoms. The molecule has 1 aromatic heterocycles. The number of aromatic nitrogens is 2. The smallest absolute Gasteiger partial charge is 0.335 e. The van der Waals surface area contributed by atoms with E-state index in [2.05, 4.69) is 14.9 Å². The van der Waals surface area contributed by atoms with E-state index in [1.807, 2.05) is 0 Å². The summed E-state index contributed by atoms with van der Waals surface area (Å²) in [6.07, 6.45) is 1.58. The zero-order valence-corrected chi connectivity index (χ0v) is 12.0. The van der Waals surface area contributed by atoms with Crippen LogP contribution in [0.5, 0.6) is 0 Å². The highest BCUT2D eigenvalue weighted by atomic mass is 32.2. The second kappa shape index (κ2) is 5.15. The summed E-state index contributed by atoms with van der Waals surface area (Å²) in [5, 5.41) is 16.3. The van der Waals surface area contributed by atoms with Crippen LogP contribution in [0.4, 0.5) is 5.69 Å². The van der Waals surface area contributed by atoms with Crippen molar-refractivity contribution >= 4 is 32.6 Å². The summed E-state index contributed by atoms with van der Waals surface area (Å²) < 4.78 is 27.2. The number of nitrogens with zero attached hydrogens (tertiary/aromatic N) is 1. The molecule has 0 aliphatic rings. The quantitative estimate of drug-likeness (QED) is 0.682. The maximum absolute atomic E-state index is 12.4. The van der Waals surface area contributed by atoms with Gasteiger partial charge in [-0.15, -0.1) is 0 Å². The Morgan fingerprint density at radius 1 is 1.18 bits per heavy atom. The van der Waals surface area contributed by atoms with Gasteiger partial charge in [-0.2, -0.15) is 5.10 Å². The van der Waals surface area contributed by atoms with Gasteiger partial charge < -0.3 is 5.11 Å². The van der Waals surface area contributed by atoms with Crippen molar-refractivity contribution in [3.63, 3.8) is 0 Å². The molecule has 3 aromatic rings. The van der Waals surface area contributed by atoms with E-state index in [-0.39, 0.29) is 10.5 Å². The third kappa shape index (κ3) is 2.51. The van der Waals surface area contributed by atoms with E-state index in [1.165, 1.54) is 18.2 Å². The van der Waals surface area contributed by atoms with Crippen LogP contribution in [0.3, 0.4) is 0 Å². The van der Waals surface area contributed by atoms with Crippen molar-refractivity contribution in [3.05, 3.63) is 54.2 Å². The molecule has 1 heterocycles. The molecule has 0 aliphatic carbocycles. The van der Waals surface area contributed by atoms with Crippen LogP contribution in [0.15, 0.2) is 53.6 Å². The number of H-pyrrole nitrogens is 1. The van der Waals surface area contributed by atoms with Crippen molar-refractivity contribution in [2.75, 3.05) is 4.72 Å². The number of sulfonamides is 1. The summed E-state index contributed by atoms with van der Waals surface area (Å²) in [5.74, 6) is -1.19. The maximum Gasteiger partial charge on any atom is 0.335 e. The van der Waals surface area contributed by atoms with Gasteiger partial charge in [0, 0.05) is 5.39 Å². The highest BCUT2D eigenvalue weighted by molar-refractivity contribution is 7.92. The zero-order chi connectivity index (χ0) is 15.7. The monoisotopic (exact) mass is 317 g/mol. The molecule has 2 aromatic carbocycles. The number of para-hydroxylation sites is 1. The van der Waals surface area contributed by atoms with E-state index in [9.17, 15) is 13.2 Å². The molecular weight excluding hydrogens is 306 g/mol. The van der Waals surface area contributed by atoms with E-state index in [0.717, 1.165) is 11.5 Å². The van der Waals surface area contributed by atoms with Gasteiger partial charge in [-0.05, 0) is 24.3 Å². The van der Waals surface area contributed by atoms with Gasteiger partial charge in [-0.1, -0.05) is 18.2 Å². The van der Waals surface area contributed by atoms with Crippen LogP contribution in [0.25, 0.3) is 10.9 Å². The molecule has 0 radical (unpaired) electrons. The van der Waals surface area contributed by atoms with Crippen LogP contribution >= 0.6 is 0 Å². The molecule has 0 aliphatic heterocycles. The van der Waals surface area contributed by atoms with Crippen molar-refractivity contribution in [1.82, 2.24) is 10.2 Å². The Hall–Kier alpha value is -2.87. The molecule has 3 rings (SSSR count). The topological polar surface area (TPSA) is 112 Å². The number of carboxylic acids is 1. The number of rotatable bonds is 4. The number of hydrogen-bond acceptors (Lipinski definition) is 4. The highest BCUT2D eigenvalue weighted by Gasteiger charge is 2.17. The fraction of sp³-hybridized carbons (Fsp3) is 0. The largest absolute Gasteiger partial charge is 0.478 e. The van der Waals surface area contributed by atoms with E-state index < -0.39 is 16.0 Å². The first-order valence-corrected chi connectivity index (χ1v) is 7.74. The van der Waals surface area contributed by atoms with E-state index in [0.29, 0.717) is 11.2 Å². The molecule has 3 N–H and O–H groups in total. The number of hydrogen-bond donors (Lipinski definition) is 3. The second-order valence-corrected chi connectivity index (χ2v) is 6.26. The van der Waals surface area contributed by atoms with Gasteiger partial charge in [-0.3, -0.25) is 9.82 Å². The molecule has 0 saturated carbocycles. The lowest BCUT2D eigenvalue weighted by Crippen LogP contribution is -2.14. The number of nitrogens with one attached hydrogen (secondary N) is 2. The molecule has 0 amide bonds. The Morgan fingerprint density at radius 3 is 2.73 bits per heavy atom. The Labute approximate surface area is 125 Å². The molecule has 22 heavy (non-hydrogen) atoms. The molecule has 0 spiro atoms. The molecule has 0 bridgehead atoms. The molecule has 7 nitrogen and oxygen atoms in total. The average Bonchev–Trinajstić information content (AvgIpc) is 2.97. The molecule has 0 unspecified atom stereocenters. The van der Waals surface area contributed by atoms with Crippen LogP contribution in [0.2, 0.25) is 0 Å². The van der Waals surface area contributed by atoms with Gasteiger partial charge in [0.2, 0.25) is 0 Å². The van der Waals surface area contributed by atoms with Gasteiger partial charge in [0.15, 0.2) is 0 Å². The summed E-state index contributed by atoms with van der Waals surface area (Å²) in [6.45, 7) is 0. The summed E-state index contributed by atoms with van der Waals surface area (Å²) in [5.41, 5.74) is 0.804. The van der Waals surface area contributed by atoms with Crippen LogP contribution in [-0.4, -0.2) is 29.7 Å². The third-order valence-electron chi connectivity index (χ3n) is 3.11. The predicted octanol–water partition coefficient (Wildman–Crippen LogP) is 2.06. The first-order chi connectivity index (χ1) is 10.5. The predicted molar refractivity (Wildman–Crippen MR) is 80.3 cm³/mol. The molecule has 0 saturated heterocycles. The number of fused-ring (bicyclic) bond motifs is 1. The van der Waals surface area contributed by atoms with E-state index in [1.54, 1.807) is 24.4 Å². The molecule has 112 valence electrons. The van der Waals surface area contributed by atoms with Gasteiger partial charge in [0.1, 0.15) is 0 Å². The lowest BCUT2D eigenvalue weighted by atomic mass is 10.2. The molecule has 0 atom stereocenters. The second-order valence-electron chi connectivity index (χ2n) is 4.58. The van der Waals surface area contributed by atoms with Crippen molar-refractivity contribution in [3.8, 4) is 0 Å². The van der Waals surface area contributed by atoms with Crippen LogP contribution in [0.1, 0.15) is 10.4 Å². The average molecular weight is 317 g/mol. The van der Waals surface area contributed by atoms with E-state index >= 15 is 0 Å². The highest BCUT2D eigenvalue weighted by Crippen LogP contribution is 2.24. The van der Waals surface area contributed by atoms with E-state index in [4.69, 9.17) is 5.11 Å². The summed E-state index contributed by atoms with van der Waals surface area (Å²) in [4.78, 5) is 10.8. The van der Waals surface area contributed by atoms with Crippen molar-refractivity contribution in [2.24, 2.45) is 0 Å². The summed E-state index contributed by atoms with van der Waals surface area (Å²) >= 11 is 0. The van der Waals surface area contributed by atoms with Crippen molar-refractivity contribution in [2.45, 2.75) is 4.90 Å². The standard InChI is InChI=1S/C14H11N3O4S/c18-14(19)9-3-1-5-11(7-9)22(20,21)17-12-6-2-4-10-8-15-16-13(10)12/h1-8,17H,(H,15,16)(H,18,19). The van der Waals surface area contributed by atoms with Crippen LogP contribution in [-0.2, 0) is 10.0 Å². The molecular formula is C14H11N3O4S. The number of benzene rings is 2. The minimum absolute atomic E-state index is 0.0948. The Balaban J connectivity index is 2.02. The van der Waals surface area contributed by atoms with Crippen LogP contribution in [0, 0.1) is 0 Å². The SMILES string of the molecule is O=C(O)c1cccc(S(=O)(=O)Nc2cccc3cn[nH]c23)c1. The summed E-state index contributed by atoms with van der Waals surface area (Å²) in [6, 6.07) is 10.2. The Kier molecular flexibility index (Phi) is 3.30. The number of anilines is 1. The molecule has 0 fully saturated rings.